The highest BCUT2D eigenvalue weighted by Gasteiger charge is 2.25. The van der Waals surface area contributed by atoms with Gasteiger partial charge in [-0.15, -0.1) is 0 Å². The zero-order chi connectivity index (χ0) is 30.8. The molecule has 0 aliphatic carbocycles. The van der Waals surface area contributed by atoms with Crippen molar-refractivity contribution in [3.63, 3.8) is 0 Å². The van der Waals surface area contributed by atoms with Crippen molar-refractivity contribution in [3.8, 4) is 17.6 Å². The molecule has 0 aliphatic heterocycles. The van der Waals surface area contributed by atoms with Gasteiger partial charge in [-0.2, -0.15) is 10.4 Å². The molecule has 0 aliphatic rings. The predicted octanol–water partition coefficient (Wildman–Crippen LogP) is 7.10. The number of rotatable bonds is 12. The molecule has 0 bridgehead atoms. The average molecular weight is 833 g/mol. The van der Waals surface area contributed by atoms with Gasteiger partial charge in [0.1, 0.15) is 24.1 Å². The van der Waals surface area contributed by atoms with Gasteiger partial charge in [-0.05, 0) is 118 Å². The summed E-state index contributed by atoms with van der Waals surface area (Å²) in [6, 6.07) is 17.0. The van der Waals surface area contributed by atoms with Crippen LogP contribution in [0.3, 0.4) is 0 Å². The second-order valence-electron chi connectivity index (χ2n) is 9.67. The van der Waals surface area contributed by atoms with Crippen molar-refractivity contribution in [1.82, 2.24) is 10.7 Å². The van der Waals surface area contributed by atoms with Crippen LogP contribution < -0.4 is 20.2 Å². The van der Waals surface area contributed by atoms with Gasteiger partial charge >= 0.3 is 0 Å². The van der Waals surface area contributed by atoms with Crippen molar-refractivity contribution in [2.75, 3.05) is 0 Å². The maximum absolute atomic E-state index is 13.0. The number of carbonyl (C=O) groups excluding carboxylic acids is 2. The van der Waals surface area contributed by atoms with Crippen LogP contribution in [0.25, 0.3) is 0 Å². The van der Waals surface area contributed by atoms with Gasteiger partial charge in [0.15, 0.2) is 6.10 Å². The lowest BCUT2D eigenvalue weighted by Gasteiger charge is -2.22. The zero-order valence-electron chi connectivity index (χ0n) is 23.0. The van der Waals surface area contributed by atoms with E-state index in [0.29, 0.717) is 29.4 Å². The third kappa shape index (κ3) is 10.3. The number of benzene rings is 3. The molecule has 0 saturated carbocycles. The van der Waals surface area contributed by atoms with Crippen LogP contribution in [0.1, 0.15) is 43.9 Å². The van der Waals surface area contributed by atoms with Crippen LogP contribution in [0, 0.1) is 24.4 Å². The van der Waals surface area contributed by atoms with Gasteiger partial charge in [-0.25, -0.2) is 5.43 Å². The lowest BCUT2D eigenvalue weighted by Crippen LogP contribution is -2.49. The lowest BCUT2D eigenvalue weighted by atomic mass is 10.0. The monoisotopic (exact) mass is 832 g/mol. The van der Waals surface area contributed by atoms with Crippen molar-refractivity contribution in [1.29, 1.82) is 5.26 Å². The molecule has 3 aromatic rings. The predicted molar refractivity (Wildman–Crippen MR) is 181 cm³/mol. The van der Waals surface area contributed by atoms with Gasteiger partial charge in [-0.3, -0.25) is 9.59 Å². The van der Waals surface area contributed by atoms with Crippen LogP contribution in [-0.2, 0) is 16.2 Å². The van der Waals surface area contributed by atoms with E-state index in [1.54, 1.807) is 31.2 Å². The fourth-order valence-corrected chi connectivity index (χ4v) is 6.26. The second-order valence-corrected chi connectivity index (χ2v) is 12.8. The van der Waals surface area contributed by atoms with Crippen LogP contribution in [-0.4, -0.2) is 30.2 Å². The van der Waals surface area contributed by atoms with Gasteiger partial charge in [0, 0.05) is 5.02 Å². The van der Waals surface area contributed by atoms with Gasteiger partial charge in [-0.1, -0.05) is 49.2 Å². The molecule has 42 heavy (non-hydrogen) atoms. The summed E-state index contributed by atoms with van der Waals surface area (Å²) in [7, 11) is 0. The Hall–Kier alpha value is -2.60. The Morgan fingerprint density at radius 2 is 1.69 bits per heavy atom. The van der Waals surface area contributed by atoms with Crippen molar-refractivity contribution in [3.05, 3.63) is 88.5 Å². The lowest BCUT2D eigenvalue weighted by molar-refractivity contribution is -0.132. The summed E-state index contributed by atoms with van der Waals surface area (Å²) in [5, 5.41) is 16.6. The number of hydrogen-bond donors (Lipinski definition) is 2. The second kappa shape index (κ2) is 16.3. The maximum atomic E-state index is 13.0. The molecule has 0 unspecified atom stereocenters. The van der Waals surface area contributed by atoms with Gasteiger partial charge < -0.3 is 14.8 Å². The normalized spacial score (nSPS) is 12.5. The number of carbonyl (C=O) groups is 2. The minimum absolute atomic E-state index is 0.131. The van der Waals surface area contributed by atoms with E-state index in [4.69, 9.17) is 37.9 Å². The summed E-state index contributed by atoms with van der Waals surface area (Å²) in [6.45, 7) is 5.85. The highest BCUT2D eigenvalue weighted by Crippen LogP contribution is 2.30. The Kier molecular flexibility index (Phi) is 13.2. The number of ether oxygens (including phenoxy) is 2. The summed E-state index contributed by atoms with van der Waals surface area (Å²) in [5.74, 6) is 0.265. The molecule has 0 aromatic heterocycles. The standard InChI is InChI=1S/C30H28Cl2I2N4O4/c1-17(2)10-26(37-29(39)18(3)42-27-9-8-22(31)13-23(27)32)30(40)38-36-15-21-11-24(33)28(25(34)12-21)41-16-20-6-4-19(14-35)5-7-20/h4-9,11-13,15,17-18,26H,10,16H2,1-3H3,(H,37,39)(H,38,40)/b36-15-/t18-,26+/m1/s1. The van der Waals surface area contributed by atoms with Crippen LogP contribution in [0.2, 0.25) is 10.0 Å². The summed E-state index contributed by atoms with van der Waals surface area (Å²) in [4.78, 5) is 25.8. The number of amides is 2. The first-order chi connectivity index (χ1) is 20.0. The summed E-state index contributed by atoms with van der Waals surface area (Å²) in [5.41, 5.74) is 4.85. The number of nitrogens with one attached hydrogen (secondary N) is 2. The molecule has 0 saturated heterocycles. The molecule has 0 heterocycles. The van der Waals surface area contributed by atoms with Crippen molar-refractivity contribution < 1.29 is 19.1 Å². The van der Waals surface area contributed by atoms with E-state index in [1.165, 1.54) is 12.3 Å². The molecule has 0 fully saturated rings. The number of nitriles is 1. The van der Waals surface area contributed by atoms with E-state index in [0.717, 1.165) is 24.0 Å². The van der Waals surface area contributed by atoms with Crippen LogP contribution in [0.15, 0.2) is 59.7 Å². The molecule has 2 N–H and O–H groups in total. The summed E-state index contributed by atoms with van der Waals surface area (Å²) in [6.07, 6.45) is 1.04. The van der Waals surface area contributed by atoms with Crippen molar-refractivity contribution >= 4 is 86.4 Å². The van der Waals surface area contributed by atoms with Crippen molar-refractivity contribution in [2.45, 2.75) is 45.9 Å². The van der Waals surface area contributed by atoms with E-state index in [-0.39, 0.29) is 10.9 Å². The Morgan fingerprint density at radius 1 is 1.02 bits per heavy atom. The number of nitrogens with zero attached hydrogens (tertiary/aromatic N) is 2. The number of hydrazone groups is 1. The number of hydrogen-bond acceptors (Lipinski definition) is 6. The highest BCUT2D eigenvalue weighted by atomic mass is 127. The molecule has 0 radical (unpaired) electrons. The minimum atomic E-state index is -0.906. The van der Waals surface area contributed by atoms with E-state index in [2.05, 4.69) is 67.1 Å². The van der Waals surface area contributed by atoms with E-state index in [9.17, 15) is 9.59 Å². The first-order valence-electron chi connectivity index (χ1n) is 12.8. The molecular weight excluding hydrogens is 805 g/mol. The third-order valence-electron chi connectivity index (χ3n) is 5.78. The third-order valence-corrected chi connectivity index (χ3v) is 7.92. The van der Waals surface area contributed by atoms with Gasteiger partial charge in [0.25, 0.3) is 11.8 Å². The van der Waals surface area contributed by atoms with Gasteiger partial charge in [0.05, 0.1) is 30.0 Å². The van der Waals surface area contributed by atoms with Crippen LogP contribution in [0.5, 0.6) is 11.5 Å². The Labute approximate surface area is 282 Å². The Balaban J connectivity index is 1.60. The first-order valence-corrected chi connectivity index (χ1v) is 15.7. The Morgan fingerprint density at radius 3 is 2.29 bits per heavy atom. The molecular formula is C30H28Cl2I2N4O4. The summed E-state index contributed by atoms with van der Waals surface area (Å²) < 4.78 is 13.5. The highest BCUT2D eigenvalue weighted by molar-refractivity contribution is 14.1. The maximum Gasteiger partial charge on any atom is 0.262 e. The fraction of sp³-hybridized carbons (Fsp3) is 0.267. The van der Waals surface area contributed by atoms with Gasteiger partial charge in [0.2, 0.25) is 0 Å². The van der Waals surface area contributed by atoms with Crippen LogP contribution >= 0.6 is 68.4 Å². The average Bonchev–Trinajstić information content (AvgIpc) is 2.93. The fourth-order valence-electron chi connectivity index (χ4n) is 3.68. The van der Waals surface area contributed by atoms with E-state index >= 15 is 0 Å². The SMILES string of the molecule is CC(C)C[C@H](NC(=O)[C@@H](C)Oc1ccc(Cl)cc1Cl)C(=O)N/N=C\c1cc(I)c(OCc2ccc(C#N)cc2)c(I)c1. The molecule has 2 atom stereocenters. The van der Waals surface area contributed by atoms with Crippen LogP contribution in [0.4, 0.5) is 0 Å². The summed E-state index contributed by atoms with van der Waals surface area (Å²) >= 11 is 16.5. The largest absolute Gasteiger partial charge is 0.487 e. The molecule has 8 nitrogen and oxygen atoms in total. The molecule has 3 rings (SSSR count). The minimum Gasteiger partial charge on any atom is -0.487 e. The van der Waals surface area contributed by atoms with E-state index < -0.39 is 24.0 Å². The smallest absolute Gasteiger partial charge is 0.262 e. The molecule has 3 aromatic carbocycles. The van der Waals surface area contributed by atoms with Crippen molar-refractivity contribution in [2.24, 2.45) is 11.0 Å². The molecule has 220 valence electrons. The quantitative estimate of drug-likeness (QED) is 0.115. The Bertz CT molecular complexity index is 1470. The zero-order valence-corrected chi connectivity index (χ0v) is 28.8. The number of halogens is 4. The molecule has 2 amide bonds. The molecule has 12 heteroatoms. The molecule has 0 spiro atoms. The topological polar surface area (TPSA) is 113 Å². The first kappa shape index (κ1) is 33.9. The van der Waals surface area contributed by atoms with E-state index in [1.807, 2.05) is 38.1 Å².